The SMILES string of the molecule is Cc1noc(C)c1CNC(=O)c1n[nH]c(C2CC2)n1. The summed E-state index contributed by atoms with van der Waals surface area (Å²) in [7, 11) is 0. The lowest BCUT2D eigenvalue weighted by molar-refractivity contribution is 0.0940. The number of hydrogen-bond acceptors (Lipinski definition) is 5. The Bertz CT molecular complexity index is 592. The molecule has 2 aromatic heterocycles. The number of rotatable bonds is 4. The zero-order valence-corrected chi connectivity index (χ0v) is 10.9. The van der Waals surface area contributed by atoms with E-state index < -0.39 is 0 Å². The van der Waals surface area contributed by atoms with Crippen LogP contribution in [0.15, 0.2) is 4.52 Å². The molecule has 3 rings (SSSR count). The van der Waals surface area contributed by atoms with Gasteiger partial charge in [-0.3, -0.25) is 9.89 Å². The van der Waals surface area contributed by atoms with Gasteiger partial charge in [0.05, 0.1) is 5.69 Å². The molecule has 1 amide bonds. The minimum atomic E-state index is -0.289. The molecule has 100 valence electrons. The molecule has 19 heavy (non-hydrogen) atoms. The van der Waals surface area contributed by atoms with E-state index >= 15 is 0 Å². The highest BCUT2D eigenvalue weighted by Gasteiger charge is 2.28. The first-order valence-corrected chi connectivity index (χ1v) is 6.27. The van der Waals surface area contributed by atoms with Crippen molar-refractivity contribution in [2.45, 2.75) is 39.2 Å². The zero-order valence-electron chi connectivity index (χ0n) is 10.9. The average molecular weight is 261 g/mol. The van der Waals surface area contributed by atoms with Crippen molar-refractivity contribution in [3.05, 3.63) is 28.7 Å². The van der Waals surface area contributed by atoms with Gasteiger partial charge in [-0.1, -0.05) is 5.16 Å². The Morgan fingerprint density at radius 3 is 2.89 bits per heavy atom. The molecule has 0 spiro atoms. The molecule has 7 nitrogen and oxygen atoms in total. The second-order valence-electron chi connectivity index (χ2n) is 4.80. The molecule has 0 bridgehead atoms. The van der Waals surface area contributed by atoms with Gasteiger partial charge in [0.1, 0.15) is 11.6 Å². The van der Waals surface area contributed by atoms with E-state index in [2.05, 4.69) is 25.7 Å². The van der Waals surface area contributed by atoms with E-state index in [9.17, 15) is 4.79 Å². The number of carbonyl (C=O) groups excluding carboxylic acids is 1. The van der Waals surface area contributed by atoms with E-state index in [4.69, 9.17) is 4.52 Å². The van der Waals surface area contributed by atoms with E-state index in [1.54, 1.807) is 0 Å². The van der Waals surface area contributed by atoms with Crippen LogP contribution in [0.1, 0.15) is 52.2 Å². The summed E-state index contributed by atoms with van der Waals surface area (Å²) in [6, 6.07) is 0. The topological polar surface area (TPSA) is 96.7 Å². The first kappa shape index (κ1) is 11.9. The Hall–Kier alpha value is -2.18. The fraction of sp³-hybridized carbons (Fsp3) is 0.500. The molecular formula is C12H15N5O2. The smallest absolute Gasteiger partial charge is 0.291 e. The first-order valence-electron chi connectivity index (χ1n) is 6.27. The van der Waals surface area contributed by atoms with Crippen molar-refractivity contribution in [2.75, 3.05) is 0 Å². The van der Waals surface area contributed by atoms with Crippen molar-refractivity contribution in [1.82, 2.24) is 25.7 Å². The maximum atomic E-state index is 11.9. The van der Waals surface area contributed by atoms with Crippen molar-refractivity contribution in [3.8, 4) is 0 Å². The molecule has 7 heteroatoms. The predicted octanol–water partition coefficient (Wildman–Crippen LogP) is 1.22. The normalized spacial score (nSPS) is 14.6. The van der Waals surface area contributed by atoms with Gasteiger partial charge in [0.2, 0.25) is 5.82 Å². The molecule has 1 fully saturated rings. The molecule has 1 saturated carbocycles. The quantitative estimate of drug-likeness (QED) is 0.862. The Morgan fingerprint density at radius 2 is 2.26 bits per heavy atom. The third-order valence-corrected chi connectivity index (χ3v) is 3.28. The predicted molar refractivity (Wildman–Crippen MR) is 65.5 cm³/mol. The van der Waals surface area contributed by atoms with Gasteiger partial charge in [-0.2, -0.15) is 0 Å². The summed E-state index contributed by atoms with van der Waals surface area (Å²) in [4.78, 5) is 16.1. The number of carbonyl (C=O) groups is 1. The number of aromatic nitrogens is 4. The summed E-state index contributed by atoms with van der Waals surface area (Å²) in [6.07, 6.45) is 2.24. The number of nitrogens with zero attached hydrogens (tertiary/aromatic N) is 3. The van der Waals surface area contributed by atoms with Crippen molar-refractivity contribution in [3.63, 3.8) is 0 Å². The van der Waals surface area contributed by atoms with Crippen LogP contribution in [0.5, 0.6) is 0 Å². The molecule has 1 aliphatic rings. The van der Waals surface area contributed by atoms with Crippen LogP contribution in [0.4, 0.5) is 0 Å². The third kappa shape index (κ3) is 2.35. The zero-order chi connectivity index (χ0) is 13.4. The van der Waals surface area contributed by atoms with Crippen LogP contribution in [0.2, 0.25) is 0 Å². The van der Waals surface area contributed by atoms with Crippen LogP contribution < -0.4 is 5.32 Å². The van der Waals surface area contributed by atoms with Crippen molar-refractivity contribution in [1.29, 1.82) is 0 Å². The highest BCUT2D eigenvalue weighted by Crippen LogP contribution is 2.37. The monoisotopic (exact) mass is 261 g/mol. The molecule has 2 aromatic rings. The summed E-state index contributed by atoms with van der Waals surface area (Å²) < 4.78 is 5.04. The average Bonchev–Trinajstić information content (AvgIpc) is 3.04. The van der Waals surface area contributed by atoms with Gasteiger partial charge in [-0.05, 0) is 26.7 Å². The molecule has 0 saturated heterocycles. The number of aryl methyl sites for hydroxylation is 2. The van der Waals surface area contributed by atoms with Crippen LogP contribution in [0.3, 0.4) is 0 Å². The summed E-state index contributed by atoms with van der Waals surface area (Å²) in [5, 5.41) is 13.4. The number of amides is 1. The number of aromatic amines is 1. The van der Waals surface area contributed by atoms with Gasteiger partial charge in [0.15, 0.2) is 0 Å². The van der Waals surface area contributed by atoms with Crippen molar-refractivity contribution >= 4 is 5.91 Å². The van der Waals surface area contributed by atoms with Crippen molar-refractivity contribution < 1.29 is 9.32 Å². The lowest BCUT2D eigenvalue weighted by Crippen LogP contribution is -2.24. The van der Waals surface area contributed by atoms with Crippen LogP contribution in [0.25, 0.3) is 0 Å². The Labute approximate surface area is 109 Å². The maximum absolute atomic E-state index is 11.9. The largest absolute Gasteiger partial charge is 0.361 e. The van der Waals surface area contributed by atoms with Gasteiger partial charge in [-0.25, -0.2) is 4.98 Å². The van der Waals surface area contributed by atoms with Gasteiger partial charge in [0, 0.05) is 18.0 Å². The van der Waals surface area contributed by atoms with E-state index in [1.807, 2.05) is 13.8 Å². The van der Waals surface area contributed by atoms with E-state index in [0.717, 1.165) is 29.9 Å². The molecule has 2 N–H and O–H groups in total. The summed E-state index contributed by atoms with van der Waals surface area (Å²) >= 11 is 0. The maximum Gasteiger partial charge on any atom is 0.291 e. The van der Waals surface area contributed by atoms with Gasteiger partial charge < -0.3 is 9.84 Å². The minimum absolute atomic E-state index is 0.189. The van der Waals surface area contributed by atoms with Crippen LogP contribution in [-0.4, -0.2) is 26.2 Å². The van der Waals surface area contributed by atoms with Gasteiger partial charge in [-0.15, -0.1) is 5.10 Å². The fourth-order valence-corrected chi connectivity index (χ4v) is 1.92. The van der Waals surface area contributed by atoms with Crippen LogP contribution >= 0.6 is 0 Å². The summed E-state index contributed by atoms with van der Waals surface area (Å²) in [5.74, 6) is 1.88. The Morgan fingerprint density at radius 1 is 1.47 bits per heavy atom. The van der Waals surface area contributed by atoms with Gasteiger partial charge >= 0.3 is 0 Å². The lowest BCUT2D eigenvalue weighted by Gasteiger charge is -2.01. The molecule has 2 heterocycles. The third-order valence-electron chi connectivity index (χ3n) is 3.28. The molecule has 0 aliphatic heterocycles. The van der Waals surface area contributed by atoms with Crippen LogP contribution in [-0.2, 0) is 6.54 Å². The molecule has 0 radical (unpaired) electrons. The second kappa shape index (κ2) is 4.49. The van der Waals surface area contributed by atoms with E-state index in [-0.39, 0.29) is 11.7 Å². The standard InChI is InChI=1S/C12H15N5O2/c1-6-9(7(2)19-17-6)5-13-12(18)11-14-10(15-16-11)8-3-4-8/h8H,3-5H2,1-2H3,(H,13,18)(H,14,15,16). The molecule has 1 aliphatic carbocycles. The Balaban J connectivity index is 1.64. The molecule has 0 atom stereocenters. The highest BCUT2D eigenvalue weighted by atomic mass is 16.5. The van der Waals surface area contributed by atoms with Crippen LogP contribution in [0, 0.1) is 13.8 Å². The number of hydrogen-bond donors (Lipinski definition) is 2. The van der Waals surface area contributed by atoms with Crippen molar-refractivity contribution in [2.24, 2.45) is 0 Å². The van der Waals surface area contributed by atoms with Gasteiger partial charge in [0.25, 0.3) is 5.91 Å². The summed E-state index contributed by atoms with van der Waals surface area (Å²) in [5.41, 5.74) is 1.68. The molecule has 0 unspecified atom stereocenters. The highest BCUT2D eigenvalue weighted by molar-refractivity contribution is 5.90. The molecular weight excluding hydrogens is 246 g/mol. The summed E-state index contributed by atoms with van der Waals surface area (Å²) in [6.45, 7) is 4.03. The first-order chi connectivity index (χ1) is 9.15. The van der Waals surface area contributed by atoms with E-state index in [0.29, 0.717) is 18.2 Å². The minimum Gasteiger partial charge on any atom is -0.361 e. The molecule has 0 aromatic carbocycles. The number of nitrogens with one attached hydrogen (secondary N) is 2. The lowest BCUT2D eigenvalue weighted by atomic mass is 10.2. The number of H-pyrrole nitrogens is 1. The fourth-order valence-electron chi connectivity index (χ4n) is 1.92. The second-order valence-corrected chi connectivity index (χ2v) is 4.80. The van der Waals surface area contributed by atoms with E-state index in [1.165, 1.54) is 0 Å². The Kier molecular flexibility index (Phi) is 2.81.